The van der Waals surface area contributed by atoms with Crippen molar-refractivity contribution in [1.29, 1.82) is 0 Å². The topological polar surface area (TPSA) is 216 Å². The molecular weight excluding hydrogens is 879 g/mol. The molecule has 0 unspecified atom stereocenters. The third-order valence-corrected chi connectivity index (χ3v) is 12.8. The largest absolute Gasteiger partial charge is 0.444 e. The lowest BCUT2D eigenvalue weighted by Gasteiger charge is -2.47. The van der Waals surface area contributed by atoms with Gasteiger partial charge in [-0.3, -0.25) is 19.2 Å². The number of alkyl carbamates (subject to hydrolysis) is 1. The van der Waals surface area contributed by atoms with E-state index in [0.717, 1.165) is 57.8 Å². The number of allylic oxidation sites excluding steroid dienone is 2. The van der Waals surface area contributed by atoms with Gasteiger partial charge in [-0.2, -0.15) is 0 Å². The predicted octanol–water partition coefficient (Wildman–Crippen LogP) is 9.18. The van der Waals surface area contributed by atoms with Crippen LogP contribution < -0.4 is 21.3 Å². The molecule has 0 saturated carbocycles. The normalized spacial score (nSPS) is 18.7. The lowest BCUT2D eigenvalue weighted by atomic mass is 9.94. The minimum Gasteiger partial charge on any atom is -0.444 e. The van der Waals surface area contributed by atoms with Gasteiger partial charge in [-0.25, -0.2) is 4.79 Å². The molecule has 0 aromatic carbocycles. The van der Waals surface area contributed by atoms with Gasteiger partial charge in [0, 0.05) is 13.0 Å². The van der Waals surface area contributed by atoms with E-state index in [2.05, 4.69) is 47.3 Å². The summed E-state index contributed by atoms with van der Waals surface area (Å²) in [4.78, 5) is 66.1. The van der Waals surface area contributed by atoms with E-state index in [-0.39, 0.29) is 12.3 Å². The number of nitrogens with one attached hydrogen (secondary N) is 4. The first-order chi connectivity index (χ1) is 33.1. The lowest BCUT2D eigenvalue weighted by Crippen LogP contribution is -2.69. The molecule has 402 valence electrons. The summed E-state index contributed by atoms with van der Waals surface area (Å²) in [6.45, 7) is 9.73. The Balaban J connectivity index is 2.84. The Hall–Kier alpha value is -3.27. The number of ether oxygens (including phenoxy) is 2. The lowest BCUT2D eigenvalue weighted by molar-refractivity contribution is -0.231. The molecule has 1 heterocycles. The van der Waals surface area contributed by atoms with E-state index in [1.807, 2.05) is 0 Å². The molecule has 0 aromatic heterocycles. The van der Waals surface area contributed by atoms with Crippen molar-refractivity contribution in [3.05, 3.63) is 12.2 Å². The van der Waals surface area contributed by atoms with E-state index in [9.17, 15) is 39.3 Å². The number of hydrogen-bond acceptors (Lipinski definition) is 10. The zero-order valence-corrected chi connectivity index (χ0v) is 44.3. The molecule has 0 bridgehead atoms. The predicted molar refractivity (Wildman–Crippen MR) is 275 cm³/mol. The van der Waals surface area contributed by atoms with Gasteiger partial charge < -0.3 is 51.0 Å². The van der Waals surface area contributed by atoms with Crippen LogP contribution in [-0.4, -0.2) is 118 Å². The number of carbonyl (C=O) groups is 5. The van der Waals surface area contributed by atoms with Gasteiger partial charge in [0.05, 0.1) is 13.2 Å². The first kappa shape index (κ1) is 63.7. The third-order valence-electron chi connectivity index (χ3n) is 12.8. The van der Waals surface area contributed by atoms with Crippen LogP contribution in [0.2, 0.25) is 0 Å². The number of unbranched alkanes of at least 4 members (excludes halogenated alkanes) is 26. The maximum atomic E-state index is 14.1. The van der Waals surface area contributed by atoms with Crippen LogP contribution in [0, 0.1) is 0 Å². The highest BCUT2D eigenvalue weighted by Gasteiger charge is 2.48. The van der Waals surface area contributed by atoms with Crippen molar-refractivity contribution in [3.63, 3.8) is 0 Å². The summed E-state index contributed by atoms with van der Waals surface area (Å²) in [6.07, 6.45) is 32.5. The molecular formula is C54H101N5O10. The van der Waals surface area contributed by atoms with Crippen LogP contribution in [0.15, 0.2) is 12.2 Å². The maximum absolute atomic E-state index is 14.1. The van der Waals surface area contributed by atoms with Gasteiger partial charge in [0.2, 0.25) is 23.6 Å². The molecule has 1 fully saturated rings. The first-order valence-electron chi connectivity index (χ1n) is 27.5. The molecule has 7 N–H and O–H groups in total. The Morgan fingerprint density at radius 1 is 0.623 bits per heavy atom. The number of hydrogen-bond donors (Lipinski definition) is 7. The molecule has 0 radical (unpaired) electrons. The molecule has 1 aliphatic rings. The zero-order chi connectivity index (χ0) is 51.1. The van der Waals surface area contributed by atoms with Crippen LogP contribution in [0.25, 0.3) is 0 Å². The summed E-state index contributed by atoms with van der Waals surface area (Å²) >= 11 is 0. The molecule has 1 aliphatic heterocycles. The first-order valence-corrected chi connectivity index (χ1v) is 27.5. The molecule has 0 spiro atoms. The highest BCUT2D eigenvalue weighted by molar-refractivity contribution is 5.91. The summed E-state index contributed by atoms with van der Waals surface area (Å²) in [5, 5.41) is 42.4. The fourth-order valence-electron chi connectivity index (χ4n) is 8.59. The number of rotatable bonds is 41. The molecule has 69 heavy (non-hydrogen) atoms. The molecule has 1 saturated heterocycles. The number of aliphatic hydroxyl groups is 3. The summed E-state index contributed by atoms with van der Waals surface area (Å²) < 4.78 is 11.3. The highest BCUT2D eigenvalue weighted by atomic mass is 16.6. The van der Waals surface area contributed by atoms with Gasteiger partial charge in [0.25, 0.3) is 0 Å². The molecule has 5 amide bonds. The number of amides is 5. The van der Waals surface area contributed by atoms with Gasteiger partial charge in [-0.15, -0.1) is 0 Å². The minimum absolute atomic E-state index is 0.198. The smallest absolute Gasteiger partial charge is 0.408 e. The van der Waals surface area contributed by atoms with Gasteiger partial charge in [-0.05, 0) is 66.2 Å². The maximum Gasteiger partial charge on any atom is 0.408 e. The van der Waals surface area contributed by atoms with Gasteiger partial charge in [0.15, 0.2) is 6.23 Å². The van der Waals surface area contributed by atoms with Crippen molar-refractivity contribution in [2.75, 3.05) is 26.2 Å². The monoisotopic (exact) mass is 980 g/mol. The van der Waals surface area contributed by atoms with Crippen molar-refractivity contribution in [1.82, 2.24) is 26.2 Å². The average molecular weight is 980 g/mol. The van der Waals surface area contributed by atoms with E-state index < -0.39 is 85.7 Å². The standard InChI is InChI=1S/C54H101N5O10/c1-7-9-11-13-15-17-19-21-23-25-27-29-31-33-35-37-39-59(47(63)38-36-34-32-30-28-26-24-22-20-18-16-14-12-10-8-2)52-48(50(65)49(64)44(42-60)68-52)58-51(66)43(3)57-46(62)41-55-45(61)40-56-53(67)69-54(4,5)6/h22,24,43-44,48-50,52,60,64-65H,7-21,23,25-42H2,1-6H3,(H,55,61)(H,56,67)(H,57,62)(H,58,66)/t43-,44+,48+,49+,50+,52+/m0/s1. The zero-order valence-electron chi connectivity index (χ0n) is 44.3. The molecule has 15 heteroatoms. The third kappa shape index (κ3) is 32.4. The second kappa shape index (κ2) is 40.3. The minimum atomic E-state index is -1.61. The number of nitrogens with zero attached hydrogens (tertiary/aromatic N) is 1. The fourth-order valence-corrected chi connectivity index (χ4v) is 8.59. The Bertz CT molecular complexity index is 1390. The molecule has 0 aromatic rings. The summed E-state index contributed by atoms with van der Waals surface area (Å²) in [7, 11) is 0. The van der Waals surface area contributed by atoms with Crippen molar-refractivity contribution in [3.8, 4) is 0 Å². The van der Waals surface area contributed by atoms with E-state index in [4.69, 9.17) is 9.47 Å². The number of carbonyl (C=O) groups excluding carboxylic acids is 5. The Morgan fingerprint density at radius 3 is 1.55 bits per heavy atom. The Labute approximate surface area is 418 Å². The van der Waals surface area contributed by atoms with Gasteiger partial charge in [-0.1, -0.05) is 174 Å². The number of aliphatic hydroxyl groups excluding tert-OH is 3. The van der Waals surface area contributed by atoms with E-state index in [1.165, 1.54) is 122 Å². The van der Waals surface area contributed by atoms with E-state index in [0.29, 0.717) is 19.4 Å². The summed E-state index contributed by atoms with van der Waals surface area (Å²) in [5.41, 5.74) is -0.751. The second-order valence-corrected chi connectivity index (χ2v) is 20.4. The van der Waals surface area contributed by atoms with Gasteiger partial charge >= 0.3 is 6.09 Å². The quantitative estimate of drug-likeness (QED) is 0.0228. The average Bonchev–Trinajstić information content (AvgIpc) is 3.31. The van der Waals surface area contributed by atoms with Crippen LogP contribution >= 0.6 is 0 Å². The van der Waals surface area contributed by atoms with Crippen LogP contribution in [0.4, 0.5) is 4.79 Å². The fraction of sp³-hybridized carbons (Fsp3) is 0.870. The summed E-state index contributed by atoms with van der Waals surface area (Å²) in [6, 6.07) is -2.44. The Morgan fingerprint density at radius 2 is 1.07 bits per heavy atom. The molecule has 15 nitrogen and oxygen atoms in total. The van der Waals surface area contributed by atoms with Crippen molar-refractivity contribution < 1.29 is 48.8 Å². The molecule has 1 rings (SSSR count). The van der Waals surface area contributed by atoms with Crippen LogP contribution in [-0.2, 0) is 28.7 Å². The summed E-state index contributed by atoms with van der Waals surface area (Å²) in [5.74, 6) is -2.26. The molecule has 0 aliphatic carbocycles. The highest BCUT2D eigenvalue weighted by Crippen LogP contribution is 2.26. The van der Waals surface area contributed by atoms with Crippen LogP contribution in [0.5, 0.6) is 0 Å². The SMILES string of the molecule is CCCCCCCCC=CCCCCCCCC(=O)N(CCCCCCCCCCCCCCCCCC)[C@@H]1O[C@H](CO)[C@@H](O)[C@H](O)[C@H]1NC(=O)[C@H](C)NC(=O)CNC(=O)CNC(=O)OC(C)(C)C. The van der Waals surface area contributed by atoms with Crippen molar-refractivity contribution in [2.24, 2.45) is 0 Å². The Kier molecular flexibility index (Phi) is 37.3. The van der Waals surface area contributed by atoms with E-state index >= 15 is 0 Å². The second-order valence-electron chi connectivity index (χ2n) is 20.4. The van der Waals surface area contributed by atoms with Crippen LogP contribution in [0.1, 0.15) is 234 Å². The van der Waals surface area contributed by atoms with Crippen molar-refractivity contribution >= 4 is 29.7 Å². The van der Waals surface area contributed by atoms with Crippen LogP contribution in [0.3, 0.4) is 0 Å². The molecule has 6 atom stereocenters. The van der Waals surface area contributed by atoms with Crippen molar-refractivity contribution in [2.45, 2.75) is 276 Å². The van der Waals surface area contributed by atoms with Gasteiger partial charge in [0.1, 0.15) is 42.5 Å². The van der Waals surface area contributed by atoms with E-state index in [1.54, 1.807) is 25.7 Å².